The molecule has 1 aromatic carbocycles. The van der Waals surface area contributed by atoms with E-state index < -0.39 is 6.10 Å². The van der Waals surface area contributed by atoms with E-state index in [0.717, 1.165) is 18.5 Å². The van der Waals surface area contributed by atoms with Crippen molar-refractivity contribution in [3.8, 4) is 0 Å². The smallest absolute Gasteiger partial charge is 0.259 e. The molecule has 0 radical (unpaired) electrons. The summed E-state index contributed by atoms with van der Waals surface area (Å²) in [5, 5.41) is 17.8. The zero-order chi connectivity index (χ0) is 19.8. The molecule has 0 aliphatic heterocycles. The Hall–Kier alpha value is -2.80. The number of amides is 1. The molecule has 6 nitrogen and oxygen atoms in total. The summed E-state index contributed by atoms with van der Waals surface area (Å²) in [5.74, 6) is -0.263. The van der Waals surface area contributed by atoms with Crippen LogP contribution in [0.2, 0.25) is 0 Å². The number of aliphatic hydroxyl groups is 1. The normalized spacial score (nSPS) is 15.2. The zero-order valence-electron chi connectivity index (χ0n) is 15.8. The molecule has 1 saturated carbocycles. The third kappa shape index (κ3) is 3.62. The quantitative estimate of drug-likeness (QED) is 0.675. The van der Waals surface area contributed by atoms with Crippen LogP contribution in [-0.4, -0.2) is 27.7 Å². The molecule has 1 aliphatic rings. The second-order valence-electron chi connectivity index (χ2n) is 7.55. The van der Waals surface area contributed by atoms with Crippen molar-refractivity contribution in [1.29, 1.82) is 0 Å². The van der Waals surface area contributed by atoms with E-state index in [0.29, 0.717) is 33.8 Å². The molecule has 1 amide bonds. The Balaban J connectivity index is 1.60. The van der Waals surface area contributed by atoms with E-state index >= 15 is 0 Å². The van der Waals surface area contributed by atoms with Crippen molar-refractivity contribution in [1.82, 2.24) is 15.5 Å². The van der Waals surface area contributed by atoms with Gasteiger partial charge in [0, 0.05) is 18.2 Å². The number of aromatic nitrogens is 2. The lowest BCUT2D eigenvalue weighted by atomic mass is 10.0. The van der Waals surface area contributed by atoms with Crippen molar-refractivity contribution in [3.63, 3.8) is 0 Å². The van der Waals surface area contributed by atoms with Gasteiger partial charge in [0.15, 0.2) is 0 Å². The maximum absolute atomic E-state index is 13.0. The van der Waals surface area contributed by atoms with Crippen molar-refractivity contribution in [2.24, 2.45) is 0 Å². The first kappa shape index (κ1) is 18.6. The first-order chi connectivity index (χ1) is 13.4. The summed E-state index contributed by atoms with van der Waals surface area (Å²) in [7, 11) is 0. The van der Waals surface area contributed by atoms with Crippen LogP contribution < -0.4 is 5.32 Å². The first-order valence-electron chi connectivity index (χ1n) is 9.46. The Morgan fingerprint density at radius 1 is 1.32 bits per heavy atom. The molecule has 1 atom stereocenters. The van der Waals surface area contributed by atoms with Crippen LogP contribution >= 0.6 is 0 Å². The van der Waals surface area contributed by atoms with Crippen molar-refractivity contribution in [2.75, 3.05) is 6.54 Å². The van der Waals surface area contributed by atoms with Gasteiger partial charge in [-0.15, -0.1) is 0 Å². The maximum atomic E-state index is 13.0. The molecule has 1 fully saturated rings. The molecule has 0 saturated heterocycles. The van der Waals surface area contributed by atoms with Crippen LogP contribution in [0.5, 0.6) is 0 Å². The number of rotatable bonds is 6. The van der Waals surface area contributed by atoms with Crippen LogP contribution in [0.1, 0.15) is 71.9 Å². The standard InChI is InChI=1S/C21H22FN3O3/c1-11(2)19-18-15(9-16(12-3-4-12)24-21(18)28-25-19)20(27)23-10-17(26)13-5-7-14(22)8-6-13/h5-9,11-12,17,26H,3-4,10H2,1-2H3,(H,23,27). The van der Waals surface area contributed by atoms with Crippen molar-refractivity contribution >= 4 is 17.0 Å². The van der Waals surface area contributed by atoms with Gasteiger partial charge in [0.05, 0.1) is 22.7 Å². The van der Waals surface area contributed by atoms with Gasteiger partial charge in [-0.1, -0.05) is 31.1 Å². The Labute approximate surface area is 161 Å². The Bertz CT molecular complexity index is 1010. The molecule has 4 rings (SSSR count). The molecule has 28 heavy (non-hydrogen) atoms. The predicted molar refractivity (Wildman–Crippen MR) is 102 cm³/mol. The molecule has 0 bridgehead atoms. The molecule has 2 N–H and O–H groups in total. The predicted octanol–water partition coefficient (Wildman–Crippen LogP) is 3.83. The monoisotopic (exact) mass is 383 g/mol. The summed E-state index contributed by atoms with van der Waals surface area (Å²) in [5.41, 5.74) is 2.89. The molecule has 1 aliphatic carbocycles. The van der Waals surface area contributed by atoms with Crippen LogP contribution in [0.4, 0.5) is 4.39 Å². The van der Waals surface area contributed by atoms with E-state index in [1.165, 1.54) is 24.3 Å². The number of carbonyl (C=O) groups excluding carboxylic acids is 1. The van der Waals surface area contributed by atoms with Gasteiger partial charge in [0.25, 0.3) is 11.6 Å². The molecule has 146 valence electrons. The molecule has 7 heteroatoms. The van der Waals surface area contributed by atoms with Gasteiger partial charge in [-0.25, -0.2) is 9.37 Å². The highest BCUT2D eigenvalue weighted by molar-refractivity contribution is 6.06. The Morgan fingerprint density at radius 3 is 2.68 bits per heavy atom. The maximum Gasteiger partial charge on any atom is 0.259 e. The minimum atomic E-state index is -0.933. The minimum absolute atomic E-state index is 0.00926. The number of benzene rings is 1. The Morgan fingerprint density at radius 2 is 2.04 bits per heavy atom. The summed E-state index contributed by atoms with van der Waals surface area (Å²) in [6.45, 7) is 3.97. The number of nitrogens with one attached hydrogen (secondary N) is 1. The Kier molecular flexibility index (Phi) is 4.85. The first-order valence-corrected chi connectivity index (χ1v) is 9.46. The van der Waals surface area contributed by atoms with Gasteiger partial charge in [-0.3, -0.25) is 4.79 Å². The van der Waals surface area contributed by atoms with Crippen LogP contribution in [0, 0.1) is 5.82 Å². The number of halogens is 1. The zero-order valence-corrected chi connectivity index (χ0v) is 15.8. The molecule has 3 aromatic rings. The third-order valence-corrected chi connectivity index (χ3v) is 4.99. The van der Waals surface area contributed by atoms with Gasteiger partial charge < -0.3 is 14.9 Å². The molecular weight excluding hydrogens is 361 g/mol. The number of hydrogen-bond acceptors (Lipinski definition) is 5. The van der Waals surface area contributed by atoms with Crippen molar-refractivity contribution < 1.29 is 18.8 Å². The summed E-state index contributed by atoms with van der Waals surface area (Å²) in [6.07, 6.45) is 1.17. The van der Waals surface area contributed by atoms with Gasteiger partial charge >= 0.3 is 0 Å². The fourth-order valence-electron chi connectivity index (χ4n) is 3.24. The summed E-state index contributed by atoms with van der Waals surface area (Å²) < 4.78 is 18.4. The highest BCUT2D eigenvalue weighted by atomic mass is 19.1. The van der Waals surface area contributed by atoms with Crippen LogP contribution in [0.25, 0.3) is 11.1 Å². The number of pyridine rings is 1. The number of fused-ring (bicyclic) bond motifs is 1. The van der Waals surface area contributed by atoms with E-state index in [2.05, 4.69) is 15.5 Å². The van der Waals surface area contributed by atoms with Gasteiger partial charge in [0.1, 0.15) is 5.82 Å². The largest absolute Gasteiger partial charge is 0.387 e. The second kappa shape index (κ2) is 7.31. The molecular formula is C21H22FN3O3. The molecule has 0 spiro atoms. The average Bonchev–Trinajstić information content (AvgIpc) is 3.44. The highest BCUT2D eigenvalue weighted by Gasteiger charge is 2.29. The number of aliphatic hydroxyl groups excluding tert-OH is 1. The van der Waals surface area contributed by atoms with E-state index in [4.69, 9.17) is 4.52 Å². The average molecular weight is 383 g/mol. The molecule has 1 unspecified atom stereocenters. The summed E-state index contributed by atoms with van der Waals surface area (Å²) >= 11 is 0. The van der Waals surface area contributed by atoms with E-state index in [1.807, 2.05) is 19.9 Å². The fourth-order valence-corrected chi connectivity index (χ4v) is 3.24. The highest BCUT2D eigenvalue weighted by Crippen LogP contribution is 2.41. The fraction of sp³-hybridized carbons (Fsp3) is 0.381. The lowest BCUT2D eigenvalue weighted by Crippen LogP contribution is -2.28. The summed E-state index contributed by atoms with van der Waals surface area (Å²) in [4.78, 5) is 17.5. The lowest BCUT2D eigenvalue weighted by molar-refractivity contribution is 0.0917. The van der Waals surface area contributed by atoms with E-state index in [9.17, 15) is 14.3 Å². The van der Waals surface area contributed by atoms with E-state index in [-0.39, 0.29) is 24.2 Å². The van der Waals surface area contributed by atoms with Crippen LogP contribution in [0.3, 0.4) is 0 Å². The molecule has 2 heterocycles. The van der Waals surface area contributed by atoms with Crippen LogP contribution in [-0.2, 0) is 0 Å². The third-order valence-electron chi connectivity index (χ3n) is 4.99. The van der Waals surface area contributed by atoms with Gasteiger partial charge in [-0.2, -0.15) is 0 Å². The second-order valence-corrected chi connectivity index (χ2v) is 7.55. The van der Waals surface area contributed by atoms with E-state index in [1.54, 1.807) is 0 Å². The van der Waals surface area contributed by atoms with Gasteiger partial charge in [-0.05, 0) is 42.5 Å². The lowest BCUT2D eigenvalue weighted by Gasteiger charge is -2.13. The van der Waals surface area contributed by atoms with Gasteiger partial charge in [0.2, 0.25) is 0 Å². The SMILES string of the molecule is CC(C)c1noc2nc(C3CC3)cc(C(=O)NCC(O)c3ccc(F)cc3)c12. The number of carbonyl (C=O) groups is 1. The minimum Gasteiger partial charge on any atom is -0.387 e. The number of nitrogens with zero attached hydrogens (tertiary/aromatic N) is 2. The van der Waals surface area contributed by atoms with Crippen LogP contribution in [0.15, 0.2) is 34.9 Å². The topological polar surface area (TPSA) is 88.2 Å². The molecule has 2 aromatic heterocycles. The number of hydrogen-bond donors (Lipinski definition) is 2. The summed E-state index contributed by atoms with van der Waals surface area (Å²) in [6, 6.07) is 7.36. The van der Waals surface area contributed by atoms with Crippen molar-refractivity contribution in [2.45, 2.75) is 44.6 Å². The van der Waals surface area contributed by atoms with Crippen molar-refractivity contribution in [3.05, 3.63) is 58.7 Å².